The number of aromatic amines is 1. The Morgan fingerprint density at radius 2 is 1.43 bits per heavy atom. The summed E-state index contributed by atoms with van der Waals surface area (Å²) in [5, 5.41) is 2.04. The minimum Gasteiger partial charge on any atom is -0.354 e. The molecule has 5 aromatic rings. The van der Waals surface area contributed by atoms with Gasteiger partial charge in [-0.2, -0.15) is 0 Å². The van der Waals surface area contributed by atoms with Gasteiger partial charge in [0.2, 0.25) is 0 Å². The van der Waals surface area contributed by atoms with Gasteiger partial charge in [0.25, 0.3) is 10.0 Å². The van der Waals surface area contributed by atoms with Crippen molar-refractivity contribution in [1.82, 2.24) is 8.96 Å². The Morgan fingerprint density at radius 1 is 0.786 bits per heavy atom. The van der Waals surface area contributed by atoms with E-state index in [9.17, 15) is 8.42 Å². The topological polar surface area (TPSA) is 54.9 Å². The number of nitrogens with zero attached hydrogens (tertiary/aromatic N) is 1. The predicted molar refractivity (Wildman–Crippen MR) is 113 cm³/mol. The molecular weight excluding hydrogens is 368 g/mol. The first-order chi connectivity index (χ1) is 13.6. The minimum atomic E-state index is -3.69. The number of nitrogens with one attached hydrogen (secondary N) is 1. The van der Waals surface area contributed by atoms with E-state index in [1.54, 1.807) is 30.5 Å². The molecule has 0 amide bonds. The Bertz CT molecular complexity index is 1430. The largest absolute Gasteiger partial charge is 0.354 e. The lowest BCUT2D eigenvalue weighted by atomic mass is 10.1. The molecule has 2 aromatic heterocycles. The van der Waals surface area contributed by atoms with Gasteiger partial charge in [-0.3, -0.25) is 0 Å². The van der Waals surface area contributed by atoms with Crippen molar-refractivity contribution in [2.45, 2.75) is 11.8 Å². The molecule has 0 aliphatic heterocycles. The minimum absolute atomic E-state index is 0.274. The van der Waals surface area contributed by atoms with E-state index in [2.05, 4.69) is 18.0 Å². The lowest BCUT2D eigenvalue weighted by molar-refractivity contribution is 0.589. The molecule has 1 N–H and O–H groups in total. The van der Waals surface area contributed by atoms with Crippen LogP contribution in [0, 0.1) is 6.92 Å². The number of rotatable bonds is 3. The van der Waals surface area contributed by atoms with Crippen LogP contribution >= 0.6 is 0 Å². The third-order valence-electron chi connectivity index (χ3n) is 5.21. The molecule has 0 unspecified atom stereocenters. The first kappa shape index (κ1) is 16.8. The first-order valence-electron chi connectivity index (χ1n) is 9.06. The van der Waals surface area contributed by atoms with Gasteiger partial charge in [0.05, 0.1) is 16.1 Å². The number of hydrogen-bond donors (Lipinski definition) is 1. The molecule has 28 heavy (non-hydrogen) atoms. The van der Waals surface area contributed by atoms with Crippen molar-refractivity contribution in [3.63, 3.8) is 0 Å². The van der Waals surface area contributed by atoms with E-state index >= 15 is 0 Å². The summed E-state index contributed by atoms with van der Waals surface area (Å²) < 4.78 is 28.0. The SMILES string of the molecule is Cc1c(-c2cn(S(=O)(=O)c3ccccc3)c3ccccc23)[nH]c2ccccc12. The van der Waals surface area contributed by atoms with E-state index in [4.69, 9.17) is 0 Å². The Hall–Kier alpha value is -3.31. The molecule has 0 bridgehead atoms. The molecule has 0 aliphatic carbocycles. The highest BCUT2D eigenvalue weighted by atomic mass is 32.2. The number of benzene rings is 3. The number of H-pyrrole nitrogens is 1. The second-order valence-electron chi connectivity index (χ2n) is 6.84. The van der Waals surface area contributed by atoms with Crippen LogP contribution in [0.1, 0.15) is 5.56 Å². The summed E-state index contributed by atoms with van der Waals surface area (Å²) in [6.45, 7) is 2.06. The van der Waals surface area contributed by atoms with Gasteiger partial charge < -0.3 is 4.98 Å². The molecular formula is C23H18N2O2S. The lowest BCUT2D eigenvalue weighted by Gasteiger charge is -2.07. The first-order valence-corrected chi connectivity index (χ1v) is 10.5. The van der Waals surface area contributed by atoms with Crippen molar-refractivity contribution in [3.05, 3.63) is 90.6 Å². The summed E-state index contributed by atoms with van der Waals surface area (Å²) in [4.78, 5) is 3.74. The van der Waals surface area contributed by atoms with Crippen molar-refractivity contribution >= 4 is 31.8 Å². The molecule has 5 rings (SSSR count). The monoisotopic (exact) mass is 386 g/mol. The zero-order valence-electron chi connectivity index (χ0n) is 15.3. The van der Waals surface area contributed by atoms with Crippen LogP contribution < -0.4 is 0 Å². The number of para-hydroxylation sites is 2. The van der Waals surface area contributed by atoms with Gasteiger partial charge in [0.1, 0.15) is 0 Å². The molecule has 0 saturated heterocycles. The predicted octanol–water partition coefficient (Wildman–Crippen LogP) is 5.34. The lowest BCUT2D eigenvalue weighted by Crippen LogP contribution is -2.11. The normalized spacial score (nSPS) is 12.0. The zero-order valence-corrected chi connectivity index (χ0v) is 16.1. The molecule has 0 fully saturated rings. The van der Waals surface area contributed by atoms with Crippen LogP contribution in [-0.4, -0.2) is 17.4 Å². The van der Waals surface area contributed by atoms with E-state index in [0.29, 0.717) is 5.52 Å². The molecule has 3 aromatic carbocycles. The van der Waals surface area contributed by atoms with Gasteiger partial charge in [0.15, 0.2) is 0 Å². The molecule has 2 heterocycles. The van der Waals surface area contributed by atoms with Gasteiger partial charge in [-0.15, -0.1) is 0 Å². The van der Waals surface area contributed by atoms with Crippen LogP contribution in [0.2, 0.25) is 0 Å². The van der Waals surface area contributed by atoms with Crippen molar-refractivity contribution in [2.24, 2.45) is 0 Å². The third kappa shape index (κ3) is 2.40. The molecule has 5 heteroatoms. The quantitative estimate of drug-likeness (QED) is 0.455. The van der Waals surface area contributed by atoms with Gasteiger partial charge >= 0.3 is 0 Å². The molecule has 0 saturated carbocycles. The van der Waals surface area contributed by atoms with Gasteiger partial charge in [0, 0.05) is 28.0 Å². The Balaban J connectivity index is 1.82. The Kier molecular flexibility index (Phi) is 3.67. The van der Waals surface area contributed by atoms with Crippen LogP contribution in [0.3, 0.4) is 0 Å². The van der Waals surface area contributed by atoms with Crippen molar-refractivity contribution < 1.29 is 8.42 Å². The fourth-order valence-corrected chi connectivity index (χ4v) is 5.20. The van der Waals surface area contributed by atoms with E-state index in [-0.39, 0.29) is 4.90 Å². The average molecular weight is 386 g/mol. The second-order valence-corrected chi connectivity index (χ2v) is 8.66. The van der Waals surface area contributed by atoms with Crippen LogP contribution in [0.15, 0.2) is 90.0 Å². The summed E-state index contributed by atoms with van der Waals surface area (Å²) in [5.41, 5.74) is 4.64. The standard InChI is InChI=1S/C23H18N2O2S/c1-16-18-11-5-7-13-21(18)24-23(16)20-15-25(22-14-8-6-12-19(20)22)28(26,27)17-9-3-2-4-10-17/h2-15,24H,1H3. The summed E-state index contributed by atoms with van der Waals surface area (Å²) in [5.74, 6) is 0. The summed E-state index contributed by atoms with van der Waals surface area (Å²) in [6.07, 6.45) is 1.73. The van der Waals surface area contributed by atoms with Crippen molar-refractivity contribution in [3.8, 4) is 11.3 Å². The fraction of sp³-hybridized carbons (Fsp3) is 0.0435. The van der Waals surface area contributed by atoms with Crippen LogP contribution in [0.5, 0.6) is 0 Å². The molecule has 138 valence electrons. The summed E-state index contributed by atoms with van der Waals surface area (Å²) in [6, 6.07) is 24.2. The summed E-state index contributed by atoms with van der Waals surface area (Å²) in [7, 11) is -3.69. The van der Waals surface area contributed by atoms with E-state index in [0.717, 1.165) is 33.1 Å². The fourth-order valence-electron chi connectivity index (χ4n) is 3.81. The van der Waals surface area contributed by atoms with E-state index in [1.807, 2.05) is 48.5 Å². The van der Waals surface area contributed by atoms with Crippen LogP contribution in [0.25, 0.3) is 33.1 Å². The highest BCUT2D eigenvalue weighted by Crippen LogP contribution is 2.36. The number of aromatic nitrogens is 2. The zero-order chi connectivity index (χ0) is 19.3. The molecule has 0 atom stereocenters. The van der Waals surface area contributed by atoms with Gasteiger partial charge in [-0.05, 0) is 36.8 Å². The highest BCUT2D eigenvalue weighted by Gasteiger charge is 2.23. The highest BCUT2D eigenvalue weighted by molar-refractivity contribution is 7.90. The van der Waals surface area contributed by atoms with Crippen molar-refractivity contribution in [2.75, 3.05) is 0 Å². The third-order valence-corrected chi connectivity index (χ3v) is 6.90. The maximum atomic E-state index is 13.3. The molecule has 0 radical (unpaired) electrons. The number of aryl methyl sites for hydroxylation is 1. The smallest absolute Gasteiger partial charge is 0.268 e. The van der Waals surface area contributed by atoms with E-state index < -0.39 is 10.0 Å². The maximum Gasteiger partial charge on any atom is 0.268 e. The maximum absolute atomic E-state index is 13.3. The van der Waals surface area contributed by atoms with E-state index in [1.165, 1.54) is 3.97 Å². The summed E-state index contributed by atoms with van der Waals surface area (Å²) >= 11 is 0. The number of fused-ring (bicyclic) bond motifs is 2. The van der Waals surface area contributed by atoms with Crippen LogP contribution in [-0.2, 0) is 10.0 Å². The van der Waals surface area contributed by atoms with Crippen LogP contribution in [0.4, 0.5) is 0 Å². The van der Waals surface area contributed by atoms with Gasteiger partial charge in [-0.1, -0.05) is 54.6 Å². The molecule has 0 spiro atoms. The Labute approximate surface area is 163 Å². The Morgan fingerprint density at radius 3 is 2.18 bits per heavy atom. The average Bonchev–Trinajstić information content (AvgIpc) is 3.27. The van der Waals surface area contributed by atoms with Gasteiger partial charge in [-0.25, -0.2) is 12.4 Å². The second kappa shape index (κ2) is 6.11. The molecule has 4 nitrogen and oxygen atoms in total. The van der Waals surface area contributed by atoms with Crippen molar-refractivity contribution in [1.29, 1.82) is 0 Å². The molecule has 0 aliphatic rings. The number of hydrogen-bond acceptors (Lipinski definition) is 2.